The molecule has 158 valence electrons. The van der Waals surface area contributed by atoms with Crippen LogP contribution in [0.5, 0.6) is 0 Å². The number of anilines is 2. The van der Waals surface area contributed by atoms with Crippen molar-refractivity contribution in [2.75, 3.05) is 10.6 Å². The second-order valence-electron chi connectivity index (χ2n) is 7.48. The third kappa shape index (κ3) is 3.89. The molecule has 3 amide bonds. The molecule has 11 nitrogen and oxygen atoms in total. The molecule has 4 heterocycles. The SMILES string of the molecule is CCC(Nc1nc(NC2CC2)n2ncc(/C=C3\NC(=O)NC3=O)c2n1)c1ccncc1. The number of hydrogen-bond acceptors (Lipinski definition) is 8. The van der Waals surface area contributed by atoms with Crippen LogP contribution in [0.1, 0.15) is 43.4 Å². The fourth-order valence-corrected chi connectivity index (χ4v) is 3.38. The predicted molar refractivity (Wildman–Crippen MR) is 113 cm³/mol. The van der Waals surface area contributed by atoms with Crippen molar-refractivity contribution >= 4 is 35.6 Å². The molecule has 1 unspecified atom stereocenters. The standard InChI is InChI=1S/C20H21N9O2/c1-2-14(11-5-7-21-8-6-11)24-18-26-16-12(9-15-17(30)27-20(31)25-15)10-22-29(16)19(28-18)23-13-3-4-13/h5-10,13-14H,2-4H2,1H3,(H2,23,24,26,28)(H2,25,27,30,31)/b15-9-. The molecule has 2 aliphatic rings. The van der Waals surface area contributed by atoms with Gasteiger partial charge in [0.25, 0.3) is 5.91 Å². The molecule has 1 atom stereocenters. The van der Waals surface area contributed by atoms with E-state index in [0.717, 1.165) is 24.8 Å². The Bertz CT molecular complexity index is 1180. The van der Waals surface area contributed by atoms with Crippen LogP contribution in [0, 0.1) is 0 Å². The molecule has 1 aliphatic heterocycles. The number of aromatic nitrogens is 5. The van der Waals surface area contributed by atoms with Crippen molar-refractivity contribution in [3.8, 4) is 0 Å². The lowest BCUT2D eigenvalue weighted by Crippen LogP contribution is -2.22. The Hall–Kier alpha value is -4.02. The first-order valence-corrected chi connectivity index (χ1v) is 10.1. The highest BCUT2D eigenvalue weighted by molar-refractivity contribution is 6.14. The first kappa shape index (κ1) is 19.0. The number of pyridine rings is 1. The second kappa shape index (κ2) is 7.67. The van der Waals surface area contributed by atoms with Crippen LogP contribution in [0.15, 0.2) is 36.4 Å². The van der Waals surface area contributed by atoms with Crippen molar-refractivity contribution in [3.63, 3.8) is 0 Å². The van der Waals surface area contributed by atoms with Crippen LogP contribution < -0.4 is 21.3 Å². The highest BCUT2D eigenvalue weighted by Gasteiger charge is 2.26. The summed E-state index contributed by atoms with van der Waals surface area (Å²) in [6, 6.07) is 3.73. The Morgan fingerprint density at radius 3 is 2.71 bits per heavy atom. The Morgan fingerprint density at radius 1 is 1.23 bits per heavy atom. The van der Waals surface area contributed by atoms with E-state index >= 15 is 0 Å². The molecule has 2 fully saturated rings. The third-order valence-corrected chi connectivity index (χ3v) is 5.15. The average Bonchev–Trinajstić information content (AvgIpc) is 3.41. The third-order valence-electron chi connectivity index (χ3n) is 5.15. The zero-order valence-electron chi connectivity index (χ0n) is 16.8. The van der Waals surface area contributed by atoms with Crippen molar-refractivity contribution in [2.45, 2.75) is 38.3 Å². The highest BCUT2D eigenvalue weighted by Crippen LogP contribution is 2.27. The minimum absolute atomic E-state index is 0.00356. The van der Waals surface area contributed by atoms with Gasteiger partial charge in [0.05, 0.1) is 12.2 Å². The summed E-state index contributed by atoms with van der Waals surface area (Å²) in [7, 11) is 0. The first-order valence-electron chi connectivity index (χ1n) is 10.1. The lowest BCUT2D eigenvalue weighted by Gasteiger charge is -2.18. The van der Waals surface area contributed by atoms with Gasteiger partial charge in [0.15, 0.2) is 5.65 Å². The molecular weight excluding hydrogens is 398 g/mol. The maximum absolute atomic E-state index is 11.9. The molecule has 0 aromatic carbocycles. The molecule has 3 aromatic rings. The maximum atomic E-state index is 11.9. The number of imide groups is 1. The second-order valence-corrected chi connectivity index (χ2v) is 7.48. The van der Waals surface area contributed by atoms with Crippen molar-refractivity contribution in [3.05, 3.63) is 47.5 Å². The summed E-state index contributed by atoms with van der Waals surface area (Å²) < 4.78 is 1.61. The fraction of sp³-hybridized carbons (Fsp3) is 0.300. The lowest BCUT2D eigenvalue weighted by molar-refractivity contribution is -0.115. The molecular formula is C20H21N9O2. The maximum Gasteiger partial charge on any atom is 0.326 e. The van der Waals surface area contributed by atoms with Gasteiger partial charge in [-0.25, -0.2) is 4.79 Å². The van der Waals surface area contributed by atoms with Crippen molar-refractivity contribution in [2.24, 2.45) is 0 Å². The minimum Gasteiger partial charge on any atom is -0.351 e. The molecule has 1 saturated heterocycles. The van der Waals surface area contributed by atoms with Gasteiger partial charge in [0.2, 0.25) is 11.9 Å². The first-order chi connectivity index (χ1) is 15.1. The van der Waals surface area contributed by atoms with Gasteiger partial charge < -0.3 is 16.0 Å². The molecule has 1 saturated carbocycles. The van der Waals surface area contributed by atoms with E-state index in [0.29, 0.717) is 29.1 Å². The van der Waals surface area contributed by atoms with E-state index in [9.17, 15) is 9.59 Å². The summed E-state index contributed by atoms with van der Waals surface area (Å²) in [5, 5.41) is 15.8. The highest BCUT2D eigenvalue weighted by atomic mass is 16.2. The lowest BCUT2D eigenvalue weighted by atomic mass is 10.1. The van der Waals surface area contributed by atoms with Gasteiger partial charge in [0.1, 0.15) is 5.70 Å². The Labute approximate surface area is 177 Å². The molecule has 5 rings (SSSR count). The van der Waals surface area contributed by atoms with Crippen molar-refractivity contribution in [1.29, 1.82) is 0 Å². The monoisotopic (exact) mass is 419 g/mol. The zero-order valence-corrected chi connectivity index (χ0v) is 16.8. The smallest absolute Gasteiger partial charge is 0.326 e. The summed E-state index contributed by atoms with van der Waals surface area (Å²) >= 11 is 0. The van der Waals surface area contributed by atoms with Crippen LogP contribution in [0.3, 0.4) is 0 Å². The Balaban J connectivity index is 1.54. The van der Waals surface area contributed by atoms with Crippen LogP contribution in [0.25, 0.3) is 11.7 Å². The minimum atomic E-state index is -0.552. The van der Waals surface area contributed by atoms with Gasteiger partial charge in [-0.1, -0.05) is 6.92 Å². The fourth-order valence-electron chi connectivity index (χ4n) is 3.38. The summed E-state index contributed by atoms with van der Waals surface area (Å²) in [5.41, 5.74) is 2.34. The number of nitrogens with one attached hydrogen (secondary N) is 4. The predicted octanol–water partition coefficient (Wildman–Crippen LogP) is 1.84. The Kier molecular flexibility index (Phi) is 4.69. The summed E-state index contributed by atoms with van der Waals surface area (Å²) in [6.07, 6.45) is 9.64. The van der Waals surface area contributed by atoms with Crippen LogP contribution in [-0.2, 0) is 4.79 Å². The Morgan fingerprint density at radius 2 is 2.03 bits per heavy atom. The van der Waals surface area contributed by atoms with E-state index in [4.69, 9.17) is 0 Å². The molecule has 0 radical (unpaired) electrons. The number of carbonyl (C=O) groups excluding carboxylic acids is 2. The molecule has 0 spiro atoms. The molecule has 31 heavy (non-hydrogen) atoms. The number of urea groups is 1. The van der Waals surface area contributed by atoms with Crippen LogP contribution >= 0.6 is 0 Å². The number of carbonyl (C=O) groups is 2. The van der Waals surface area contributed by atoms with Gasteiger partial charge in [0, 0.05) is 24.0 Å². The number of nitrogens with zero attached hydrogens (tertiary/aromatic N) is 5. The van der Waals surface area contributed by atoms with E-state index in [1.54, 1.807) is 29.2 Å². The number of rotatable bonds is 7. The van der Waals surface area contributed by atoms with Gasteiger partial charge in [-0.2, -0.15) is 19.6 Å². The van der Waals surface area contributed by atoms with Crippen LogP contribution in [0.4, 0.5) is 16.7 Å². The van der Waals surface area contributed by atoms with E-state index in [-0.39, 0.29) is 11.7 Å². The average molecular weight is 419 g/mol. The number of fused-ring (bicyclic) bond motifs is 1. The van der Waals surface area contributed by atoms with Crippen LogP contribution in [0.2, 0.25) is 0 Å². The van der Waals surface area contributed by atoms with Crippen molar-refractivity contribution in [1.82, 2.24) is 35.2 Å². The molecule has 3 aromatic heterocycles. The number of amides is 3. The number of hydrogen-bond donors (Lipinski definition) is 4. The van der Waals surface area contributed by atoms with E-state index in [2.05, 4.69) is 48.2 Å². The molecule has 4 N–H and O–H groups in total. The van der Waals surface area contributed by atoms with Crippen molar-refractivity contribution < 1.29 is 9.59 Å². The van der Waals surface area contributed by atoms with Gasteiger partial charge in [-0.05, 0) is 43.0 Å². The van der Waals surface area contributed by atoms with Gasteiger partial charge in [-0.15, -0.1) is 0 Å². The van der Waals surface area contributed by atoms with Crippen LogP contribution in [-0.4, -0.2) is 42.5 Å². The molecule has 0 bridgehead atoms. The van der Waals surface area contributed by atoms with Gasteiger partial charge >= 0.3 is 6.03 Å². The molecule has 11 heteroatoms. The largest absolute Gasteiger partial charge is 0.351 e. The summed E-state index contributed by atoms with van der Waals surface area (Å²) in [6.45, 7) is 2.08. The zero-order chi connectivity index (χ0) is 21.4. The van der Waals surface area contributed by atoms with Gasteiger partial charge in [-0.3, -0.25) is 15.1 Å². The summed E-state index contributed by atoms with van der Waals surface area (Å²) in [4.78, 5) is 36.7. The normalized spacial score (nSPS) is 18.2. The van der Waals surface area contributed by atoms with E-state index in [1.807, 2.05) is 12.1 Å². The summed E-state index contributed by atoms with van der Waals surface area (Å²) in [5.74, 6) is 0.528. The van der Waals surface area contributed by atoms with E-state index in [1.165, 1.54) is 0 Å². The topological polar surface area (TPSA) is 138 Å². The molecule has 1 aliphatic carbocycles. The quantitative estimate of drug-likeness (QED) is 0.336. The van der Waals surface area contributed by atoms with E-state index < -0.39 is 11.9 Å².